The van der Waals surface area contributed by atoms with Gasteiger partial charge in [-0.1, -0.05) is 0 Å². The maximum Gasteiger partial charge on any atom is 0.410 e. The first kappa shape index (κ1) is 16.3. The fourth-order valence-corrected chi connectivity index (χ4v) is 2.60. The topological polar surface area (TPSA) is 74.3 Å². The number of rotatable bonds is 2. The quantitative estimate of drug-likeness (QED) is 0.916. The Morgan fingerprint density at radius 2 is 1.83 bits per heavy atom. The summed E-state index contributed by atoms with van der Waals surface area (Å²) in [5, 5.41) is 7.45. The van der Waals surface area contributed by atoms with Crippen molar-refractivity contribution < 1.29 is 9.53 Å². The number of piperazine rings is 1. The zero-order valence-electron chi connectivity index (χ0n) is 14.3. The van der Waals surface area contributed by atoms with Gasteiger partial charge in [0.25, 0.3) is 0 Å². The first-order chi connectivity index (χ1) is 11.4. The highest BCUT2D eigenvalue weighted by Crippen LogP contribution is 2.22. The minimum Gasteiger partial charge on any atom is -0.444 e. The average molecular weight is 329 g/mol. The number of nitrogens with zero attached hydrogens (tertiary/aromatic N) is 4. The van der Waals surface area contributed by atoms with E-state index in [1.54, 1.807) is 17.3 Å². The number of carbonyl (C=O) groups excluding carboxylic acids is 1. The summed E-state index contributed by atoms with van der Waals surface area (Å²) in [5.41, 5.74) is 1.55. The standard InChI is InChI=1S/C17H23N5O2/c1-17(2,3)24-16(23)22-10-8-21(9-11-22)15-12-14(19-20-15)13-4-6-18-7-5-13/h4-7,12H,8-11H2,1-3H3,(H,19,20). The van der Waals surface area contributed by atoms with Crippen molar-refractivity contribution in [3.05, 3.63) is 30.6 Å². The normalized spacial score (nSPS) is 15.5. The number of aromatic nitrogens is 3. The molecule has 1 fully saturated rings. The molecule has 1 aliphatic heterocycles. The van der Waals surface area contributed by atoms with Gasteiger partial charge >= 0.3 is 6.09 Å². The van der Waals surface area contributed by atoms with E-state index in [9.17, 15) is 4.79 Å². The van der Waals surface area contributed by atoms with Crippen LogP contribution in [-0.4, -0.2) is 58.0 Å². The zero-order chi connectivity index (χ0) is 17.2. The SMILES string of the molecule is CC(C)(C)OC(=O)N1CCN(c2cc(-c3ccncc3)[nH]n2)CC1. The molecule has 0 atom stereocenters. The first-order valence-corrected chi connectivity index (χ1v) is 8.11. The molecule has 2 aromatic rings. The molecule has 1 amide bonds. The second-order valence-electron chi connectivity index (χ2n) is 6.83. The van der Waals surface area contributed by atoms with Crippen molar-refractivity contribution in [3.63, 3.8) is 0 Å². The second kappa shape index (κ2) is 6.51. The summed E-state index contributed by atoms with van der Waals surface area (Å²) < 4.78 is 5.42. The van der Waals surface area contributed by atoms with Crippen LogP contribution in [0.1, 0.15) is 20.8 Å². The number of hydrogen-bond donors (Lipinski definition) is 1. The molecule has 128 valence electrons. The van der Waals surface area contributed by atoms with Gasteiger partial charge in [-0.25, -0.2) is 4.79 Å². The molecule has 1 N–H and O–H groups in total. The Morgan fingerprint density at radius 1 is 1.17 bits per heavy atom. The molecule has 2 aromatic heterocycles. The van der Waals surface area contributed by atoms with Crippen LogP contribution in [0.5, 0.6) is 0 Å². The number of carbonyl (C=O) groups is 1. The van der Waals surface area contributed by atoms with Gasteiger partial charge in [-0.05, 0) is 32.9 Å². The number of ether oxygens (including phenoxy) is 1. The molecular formula is C17H23N5O2. The maximum atomic E-state index is 12.1. The predicted octanol–water partition coefficient (Wildman–Crippen LogP) is 2.53. The van der Waals surface area contributed by atoms with Crippen LogP contribution in [0.15, 0.2) is 30.6 Å². The zero-order valence-corrected chi connectivity index (χ0v) is 14.3. The molecule has 1 aliphatic rings. The van der Waals surface area contributed by atoms with Crippen molar-refractivity contribution in [2.75, 3.05) is 31.1 Å². The van der Waals surface area contributed by atoms with E-state index in [0.29, 0.717) is 13.1 Å². The van der Waals surface area contributed by atoms with E-state index in [4.69, 9.17) is 4.74 Å². The van der Waals surface area contributed by atoms with Crippen LogP contribution in [0.2, 0.25) is 0 Å². The number of anilines is 1. The number of H-pyrrole nitrogens is 1. The number of pyridine rings is 1. The molecular weight excluding hydrogens is 306 g/mol. The fourth-order valence-electron chi connectivity index (χ4n) is 2.60. The highest BCUT2D eigenvalue weighted by atomic mass is 16.6. The van der Waals surface area contributed by atoms with Crippen molar-refractivity contribution in [1.29, 1.82) is 0 Å². The highest BCUT2D eigenvalue weighted by molar-refractivity contribution is 5.69. The van der Waals surface area contributed by atoms with Crippen molar-refractivity contribution in [3.8, 4) is 11.3 Å². The minimum absolute atomic E-state index is 0.248. The molecule has 1 saturated heterocycles. The first-order valence-electron chi connectivity index (χ1n) is 8.11. The Hall–Kier alpha value is -2.57. The Morgan fingerprint density at radius 3 is 2.46 bits per heavy atom. The molecule has 0 aromatic carbocycles. The summed E-state index contributed by atoms with van der Waals surface area (Å²) in [7, 11) is 0. The van der Waals surface area contributed by atoms with Crippen LogP contribution in [0.3, 0.4) is 0 Å². The average Bonchev–Trinajstić information content (AvgIpc) is 3.04. The van der Waals surface area contributed by atoms with Crippen molar-refractivity contribution >= 4 is 11.9 Å². The summed E-state index contributed by atoms with van der Waals surface area (Å²) in [5.74, 6) is 0.894. The van der Waals surface area contributed by atoms with Gasteiger partial charge in [-0.3, -0.25) is 10.1 Å². The van der Waals surface area contributed by atoms with Crippen LogP contribution < -0.4 is 4.90 Å². The van der Waals surface area contributed by atoms with Gasteiger partial charge in [0.15, 0.2) is 5.82 Å². The third-order valence-electron chi connectivity index (χ3n) is 3.81. The number of amides is 1. The molecule has 0 spiro atoms. The van der Waals surface area contributed by atoms with E-state index in [2.05, 4.69) is 20.1 Å². The second-order valence-corrected chi connectivity index (χ2v) is 6.83. The summed E-state index contributed by atoms with van der Waals surface area (Å²) in [4.78, 5) is 20.0. The fraction of sp³-hybridized carbons (Fsp3) is 0.471. The van der Waals surface area contributed by atoms with E-state index in [-0.39, 0.29) is 6.09 Å². The molecule has 7 nitrogen and oxygen atoms in total. The number of hydrogen-bond acceptors (Lipinski definition) is 5. The summed E-state index contributed by atoms with van der Waals surface area (Å²) in [6, 6.07) is 5.91. The molecule has 24 heavy (non-hydrogen) atoms. The molecule has 0 unspecified atom stereocenters. The Bertz CT molecular complexity index is 685. The van der Waals surface area contributed by atoms with Crippen LogP contribution in [-0.2, 0) is 4.74 Å². The molecule has 7 heteroatoms. The number of aromatic amines is 1. The highest BCUT2D eigenvalue weighted by Gasteiger charge is 2.26. The van der Waals surface area contributed by atoms with Crippen LogP contribution in [0, 0.1) is 0 Å². The van der Waals surface area contributed by atoms with Crippen molar-refractivity contribution in [2.45, 2.75) is 26.4 Å². The largest absolute Gasteiger partial charge is 0.444 e. The molecule has 0 saturated carbocycles. The maximum absolute atomic E-state index is 12.1. The van der Waals surface area contributed by atoms with Crippen LogP contribution >= 0.6 is 0 Å². The lowest BCUT2D eigenvalue weighted by atomic mass is 10.2. The predicted molar refractivity (Wildman–Crippen MR) is 91.8 cm³/mol. The Kier molecular flexibility index (Phi) is 4.42. The lowest BCUT2D eigenvalue weighted by Crippen LogP contribution is -2.50. The lowest BCUT2D eigenvalue weighted by Gasteiger charge is -2.35. The monoisotopic (exact) mass is 329 g/mol. The van der Waals surface area contributed by atoms with E-state index >= 15 is 0 Å². The summed E-state index contributed by atoms with van der Waals surface area (Å²) in [6.45, 7) is 8.38. The van der Waals surface area contributed by atoms with Gasteiger partial charge in [0.1, 0.15) is 5.60 Å². The lowest BCUT2D eigenvalue weighted by molar-refractivity contribution is 0.0240. The van der Waals surface area contributed by atoms with Crippen LogP contribution in [0.4, 0.5) is 10.6 Å². The van der Waals surface area contributed by atoms with Crippen LogP contribution in [0.25, 0.3) is 11.3 Å². The molecule has 3 heterocycles. The van der Waals surface area contributed by atoms with E-state index in [0.717, 1.165) is 30.2 Å². The number of nitrogens with one attached hydrogen (secondary N) is 1. The third kappa shape index (κ3) is 3.84. The Balaban J connectivity index is 1.59. The van der Waals surface area contributed by atoms with Gasteiger partial charge in [0.2, 0.25) is 0 Å². The van der Waals surface area contributed by atoms with Gasteiger partial charge in [-0.15, -0.1) is 0 Å². The van der Waals surface area contributed by atoms with Gasteiger partial charge in [0, 0.05) is 50.2 Å². The van der Waals surface area contributed by atoms with Gasteiger partial charge in [0.05, 0.1) is 5.69 Å². The van der Waals surface area contributed by atoms with E-state index in [1.165, 1.54) is 0 Å². The van der Waals surface area contributed by atoms with Crippen molar-refractivity contribution in [1.82, 2.24) is 20.1 Å². The molecule has 0 aliphatic carbocycles. The van der Waals surface area contributed by atoms with E-state index < -0.39 is 5.60 Å². The van der Waals surface area contributed by atoms with Crippen molar-refractivity contribution in [2.24, 2.45) is 0 Å². The van der Waals surface area contributed by atoms with E-state index in [1.807, 2.05) is 39.0 Å². The third-order valence-corrected chi connectivity index (χ3v) is 3.81. The Labute approximate surface area is 141 Å². The molecule has 0 radical (unpaired) electrons. The van der Waals surface area contributed by atoms with Gasteiger partial charge < -0.3 is 14.5 Å². The summed E-state index contributed by atoms with van der Waals surface area (Å²) in [6.07, 6.45) is 3.27. The minimum atomic E-state index is -0.462. The molecule has 0 bridgehead atoms. The van der Waals surface area contributed by atoms with Gasteiger partial charge in [-0.2, -0.15) is 5.10 Å². The summed E-state index contributed by atoms with van der Waals surface area (Å²) >= 11 is 0. The smallest absolute Gasteiger partial charge is 0.410 e. The molecule has 3 rings (SSSR count).